The van der Waals surface area contributed by atoms with Gasteiger partial charge in [0.05, 0.1) is 0 Å². The van der Waals surface area contributed by atoms with Crippen LogP contribution in [0.15, 0.2) is 11.6 Å². The molecule has 0 fully saturated rings. The summed E-state index contributed by atoms with van der Waals surface area (Å²) in [4.78, 5) is 11.2. The van der Waals surface area contributed by atoms with Gasteiger partial charge < -0.3 is 0 Å². The lowest BCUT2D eigenvalue weighted by molar-refractivity contribution is -0.115. The number of allylic oxidation sites excluding steroid dienone is 2. The van der Waals surface area contributed by atoms with Crippen LogP contribution in [0.2, 0.25) is 0 Å². The van der Waals surface area contributed by atoms with Gasteiger partial charge in [-0.1, -0.05) is 12.5 Å². The van der Waals surface area contributed by atoms with Crippen LogP contribution in [0.5, 0.6) is 0 Å². The van der Waals surface area contributed by atoms with E-state index in [1.165, 1.54) is 5.57 Å². The summed E-state index contributed by atoms with van der Waals surface area (Å²) in [7, 11) is 0. The Kier molecular flexibility index (Phi) is 4.51. The topological polar surface area (TPSA) is 17.1 Å². The van der Waals surface area contributed by atoms with Gasteiger partial charge in [-0.05, 0) is 37.7 Å². The number of ketones is 1. The highest BCUT2D eigenvalue weighted by Gasteiger charge is 2.15. The number of unbranched alkanes of at least 4 members (excludes halogenated alkanes) is 1. The minimum atomic E-state index is 0.305. The van der Waals surface area contributed by atoms with Gasteiger partial charge in [-0.25, -0.2) is 0 Å². The van der Waals surface area contributed by atoms with Gasteiger partial charge in [-0.15, -0.1) is 11.6 Å². The lowest BCUT2D eigenvalue weighted by atomic mass is 9.87. The second-order valence-electron chi connectivity index (χ2n) is 3.93. The Morgan fingerprint density at radius 1 is 1.46 bits per heavy atom. The third kappa shape index (κ3) is 3.95. The largest absolute Gasteiger partial charge is 0.295 e. The molecule has 0 aliphatic heterocycles. The lowest BCUT2D eigenvalue weighted by Crippen LogP contribution is -2.11. The van der Waals surface area contributed by atoms with E-state index in [4.69, 9.17) is 11.6 Å². The summed E-state index contributed by atoms with van der Waals surface area (Å²) in [5.41, 5.74) is 1.33. The molecule has 0 N–H and O–H groups in total. The summed E-state index contributed by atoms with van der Waals surface area (Å²) in [6, 6.07) is 0. The molecule has 2 heteroatoms. The summed E-state index contributed by atoms with van der Waals surface area (Å²) in [6.45, 7) is 2.15. The van der Waals surface area contributed by atoms with Crippen molar-refractivity contribution in [2.45, 2.75) is 39.0 Å². The van der Waals surface area contributed by atoms with E-state index in [-0.39, 0.29) is 0 Å². The van der Waals surface area contributed by atoms with Gasteiger partial charge in [0.2, 0.25) is 0 Å². The van der Waals surface area contributed by atoms with Gasteiger partial charge in [-0.3, -0.25) is 4.79 Å². The van der Waals surface area contributed by atoms with E-state index in [0.717, 1.165) is 38.0 Å². The molecule has 0 saturated carbocycles. The van der Waals surface area contributed by atoms with E-state index < -0.39 is 0 Å². The summed E-state index contributed by atoms with van der Waals surface area (Å²) >= 11 is 5.59. The number of rotatable bonds is 4. The Hall–Kier alpha value is -0.300. The molecule has 0 aromatic rings. The molecule has 0 aromatic carbocycles. The Balaban J connectivity index is 2.35. The second-order valence-corrected chi connectivity index (χ2v) is 4.31. The van der Waals surface area contributed by atoms with Gasteiger partial charge in [-0.2, -0.15) is 0 Å². The quantitative estimate of drug-likeness (QED) is 0.503. The van der Waals surface area contributed by atoms with Crippen LogP contribution in [-0.2, 0) is 4.79 Å². The first-order valence-electron chi connectivity index (χ1n) is 5.00. The van der Waals surface area contributed by atoms with Crippen molar-refractivity contribution in [2.24, 2.45) is 5.92 Å². The fourth-order valence-corrected chi connectivity index (χ4v) is 2.02. The molecule has 0 aromatic heterocycles. The van der Waals surface area contributed by atoms with Crippen LogP contribution in [0.25, 0.3) is 0 Å². The predicted octanol–water partition coefficient (Wildman–Crippen LogP) is 3.32. The zero-order valence-corrected chi connectivity index (χ0v) is 8.94. The molecule has 0 amide bonds. The maximum atomic E-state index is 11.2. The van der Waals surface area contributed by atoms with Crippen LogP contribution < -0.4 is 0 Å². The molecular formula is C11H17ClO. The standard InChI is InChI=1S/C11H17ClO/c1-9-6-10(4-2-3-5-12)8-11(13)7-9/h8-9H,2-7H2,1H3. The average Bonchev–Trinajstić information content (AvgIpc) is 2.03. The zero-order chi connectivity index (χ0) is 9.68. The highest BCUT2D eigenvalue weighted by Crippen LogP contribution is 2.24. The van der Waals surface area contributed by atoms with Crippen LogP contribution in [0.4, 0.5) is 0 Å². The molecule has 0 saturated heterocycles. The fraction of sp³-hybridized carbons (Fsp3) is 0.727. The van der Waals surface area contributed by atoms with Crippen molar-refractivity contribution in [1.82, 2.24) is 0 Å². The fourth-order valence-electron chi connectivity index (χ4n) is 1.83. The Morgan fingerprint density at radius 3 is 2.85 bits per heavy atom. The van der Waals surface area contributed by atoms with Crippen LogP contribution in [0, 0.1) is 5.92 Å². The van der Waals surface area contributed by atoms with Gasteiger partial charge in [0.1, 0.15) is 0 Å². The van der Waals surface area contributed by atoms with Crippen LogP contribution in [0.3, 0.4) is 0 Å². The number of carbonyl (C=O) groups is 1. The second kappa shape index (κ2) is 5.43. The SMILES string of the molecule is CC1CC(=O)C=C(CCCCCl)C1. The molecule has 1 unspecified atom stereocenters. The van der Waals surface area contributed by atoms with Crippen molar-refractivity contribution in [3.63, 3.8) is 0 Å². The van der Waals surface area contributed by atoms with Crippen molar-refractivity contribution in [3.05, 3.63) is 11.6 Å². The van der Waals surface area contributed by atoms with Crippen molar-refractivity contribution < 1.29 is 4.79 Å². The number of hydrogen-bond acceptors (Lipinski definition) is 1. The highest BCUT2D eigenvalue weighted by atomic mass is 35.5. The Morgan fingerprint density at radius 2 is 2.23 bits per heavy atom. The monoisotopic (exact) mass is 200 g/mol. The first-order valence-corrected chi connectivity index (χ1v) is 5.54. The zero-order valence-electron chi connectivity index (χ0n) is 8.18. The Bertz CT molecular complexity index is 208. The van der Waals surface area contributed by atoms with Crippen LogP contribution in [-0.4, -0.2) is 11.7 Å². The molecule has 1 atom stereocenters. The highest BCUT2D eigenvalue weighted by molar-refractivity contribution is 6.17. The summed E-state index contributed by atoms with van der Waals surface area (Å²) in [6.07, 6.45) is 6.92. The molecular weight excluding hydrogens is 184 g/mol. The van der Waals surface area contributed by atoms with Crippen LogP contribution >= 0.6 is 11.6 Å². The summed E-state index contributed by atoms with van der Waals surface area (Å²) < 4.78 is 0. The Labute approximate surface area is 85.2 Å². The van der Waals surface area contributed by atoms with Gasteiger partial charge in [0.25, 0.3) is 0 Å². The van der Waals surface area contributed by atoms with Crippen LogP contribution in [0.1, 0.15) is 39.0 Å². The molecule has 1 rings (SSSR count). The van der Waals surface area contributed by atoms with E-state index >= 15 is 0 Å². The first kappa shape index (κ1) is 10.8. The summed E-state index contributed by atoms with van der Waals surface area (Å²) in [5.74, 6) is 1.58. The third-order valence-corrected chi connectivity index (χ3v) is 2.67. The maximum absolute atomic E-state index is 11.2. The summed E-state index contributed by atoms with van der Waals surface area (Å²) in [5, 5.41) is 0. The molecule has 74 valence electrons. The van der Waals surface area contributed by atoms with E-state index in [2.05, 4.69) is 6.92 Å². The van der Waals surface area contributed by atoms with E-state index in [9.17, 15) is 4.79 Å². The first-order chi connectivity index (χ1) is 6.22. The molecule has 13 heavy (non-hydrogen) atoms. The average molecular weight is 201 g/mol. The minimum absolute atomic E-state index is 0.305. The molecule has 1 aliphatic rings. The molecule has 0 bridgehead atoms. The number of hydrogen-bond donors (Lipinski definition) is 0. The van der Waals surface area contributed by atoms with Crippen molar-refractivity contribution >= 4 is 17.4 Å². The minimum Gasteiger partial charge on any atom is -0.295 e. The lowest BCUT2D eigenvalue weighted by Gasteiger charge is -2.17. The molecule has 1 aliphatic carbocycles. The molecule has 0 spiro atoms. The number of halogens is 1. The third-order valence-electron chi connectivity index (χ3n) is 2.41. The van der Waals surface area contributed by atoms with Gasteiger partial charge >= 0.3 is 0 Å². The smallest absolute Gasteiger partial charge is 0.155 e. The predicted molar refractivity (Wildman–Crippen MR) is 56.1 cm³/mol. The molecule has 0 radical (unpaired) electrons. The van der Waals surface area contributed by atoms with Crippen molar-refractivity contribution in [1.29, 1.82) is 0 Å². The maximum Gasteiger partial charge on any atom is 0.155 e. The van der Waals surface area contributed by atoms with E-state index in [0.29, 0.717) is 11.7 Å². The van der Waals surface area contributed by atoms with Gasteiger partial charge in [0.15, 0.2) is 5.78 Å². The van der Waals surface area contributed by atoms with E-state index in [1.54, 1.807) is 0 Å². The molecule has 0 heterocycles. The van der Waals surface area contributed by atoms with E-state index in [1.807, 2.05) is 6.08 Å². The van der Waals surface area contributed by atoms with Crippen molar-refractivity contribution in [3.8, 4) is 0 Å². The van der Waals surface area contributed by atoms with Gasteiger partial charge in [0, 0.05) is 12.3 Å². The number of carbonyl (C=O) groups excluding carboxylic acids is 1. The van der Waals surface area contributed by atoms with Crippen molar-refractivity contribution in [2.75, 3.05) is 5.88 Å². The molecule has 1 nitrogen and oxygen atoms in total. The normalized spacial score (nSPS) is 23.1. The number of alkyl halides is 1.